The van der Waals surface area contributed by atoms with E-state index in [1.807, 2.05) is 18.2 Å². The lowest BCUT2D eigenvalue weighted by Crippen LogP contribution is -2.28. The molecule has 0 spiro atoms. The van der Waals surface area contributed by atoms with Crippen LogP contribution in [0.15, 0.2) is 23.0 Å². The Balaban J connectivity index is 1.57. The van der Waals surface area contributed by atoms with Crippen LogP contribution in [0.4, 0.5) is 5.69 Å². The van der Waals surface area contributed by atoms with E-state index in [0.717, 1.165) is 42.3 Å². The van der Waals surface area contributed by atoms with Crippen LogP contribution in [0, 0.1) is 5.92 Å². The number of benzene rings is 1. The number of aromatic nitrogens is 2. The number of hydrogen-bond donors (Lipinski definition) is 4. The molecule has 0 radical (unpaired) electrons. The summed E-state index contributed by atoms with van der Waals surface area (Å²) in [5.74, 6) is 0.838. The van der Waals surface area contributed by atoms with Gasteiger partial charge in [-0.1, -0.05) is 0 Å². The molecular formula is C14H20N4O. The molecule has 0 aliphatic carbocycles. The van der Waals surface area contributed by atoms with Gasteiger partial charge in [0.2, 0.25) is 0 Å². The van der Waals surface area contributed by atoms with Gasteiger partial charge < -0.3 is 20.6 Å². The van der Waals surface area contributed by atoms with Gasteiger partial charge >= 0.3 is 5.69 Å². The van der Waals surface area contributed by atoms with Crippen LogP contribution in [0.3, 0.4) is 0 Å². The van der Waals surface area contributed by atoms with Gasteiger partial charge in [-0.25, -0.2) is 4.79 Å². The summed E-state index contributed by atoms with van der Waals surface area (Å²) in [6.45, 7) is 3.30. The second-order valence-electron chi connectivity index (χ2n) is 5.25. The van der Waals surface area contributed by atoms with E-state index in [1.165, 1.54) is 19.3 Å². The van der Waals surface area contributed by atoms with E-state index in [0.29, 0.717) is 0 Å². The number of piperidine rings is 1. The van der Waals surface area contributed by atoms with Gasteiger partial charge in [-0.2, -0.15) is 0 Å². The first-order chi connectivity index (χ1) is 9.31. The van der Waals surface area contributed by atoms with Crippen molar-refractivity contribution in [3.8, 4) is 0 Å². The zero-order valence-corrected chi connectivity index (χ0v) is 11.0. The molecule has 1 aromatic carbocycles. The van der Waals surface area contributed by atoms with Gasteiger partial charge in [-0.05, 0) is 56.5 Å². The maximum Gasteiger partial charge on any atom is 0.323 e. The lowest BCUT2D eigenvalue weighted by atomic mass is 9.95. The van der Waals surface area contributed by atoms with Crippen molar-refractivity contribution in [3.05, 3.63) is 28.7 Å². The third-order valence-electron chi connectivity index (χ3n) is 3.86. The van der Waals surface area contributed by atoms with E-state index in [-0.39, 0.29) is 5.69 Å². The standard InChI is InChI=1S/C14H20N4O/c19-14-17-12-2-1-11(9-13(12)18-14)16-8-5-10-3-6-15-7-4-10/h1-2,9-10,15-16H,3-8H2,(H2,17,18,19). The fourth-order valence-corrected chi connectivity index (χ4v) is 2.73. The van der Waals surface area contributed by atoms with E-state index < -0.39 is 0 Å². The predicted octanol–water partition coefficient (Wildman–Crippen LogP) is 1.66. The minimum Gasteiger partial charge on any atom is -0.385 e. The quantitative estimate of drug-likeness (QED) is 0.675. The second kappa shape index (κ2) is 5.48. The molecule has 1 fully saturated rings. The lowest BCUT2D eigenvalue weighted by molar-refractivity contribution is 0.361. The van der Waals surface area contributed by atoms with Crippen LogP contribution >= 0.6 is 0 Å². The van der Waals surface area contributed by atoms with Crippen LogP contribution in [0.2, 0.25) is 0 Å². The van der Waals surface area contributed by atoms with Gasteiger partial charge in [0, 0.05) is 12.2 Å². The number of fused-ring (bicyclic) bond motifs is 1. The Bertz CT molecular complexity index is 595. The fourth-order valence-electron chi connectivity index (χ4n) is 2.73. The van der Waals surface area contributed by atoms with Crippen molar-refractivity contribution in [2.45, 2.75) is 19.3 Å². The molecule has 2 heterocycles. The maximum atomic E-state index is 11.2. The van der Waals surface area contributed by atoms with Crippen molar-refractivity contribution in [2.75, 3.05) is 25.0 Å². The number of hydrogen-bond acceptors (Lipinski definition) is 3. The molecular weight excluding hydrogens is 240 g/mol. The van der Waals surface area contributed by atoms with Crippen LogP contribution in [-0.2, 0) is 0 Å². The first kappa shape index (κ1) is 12.3. The summed E-state index contributed by atoms with van der Waals surface area (Å²) in [4.78, 5) is 16.7. The molecule has 5 nitrogen and oxygen atoms in total. The van der Waals surface area contributed by atoms with Gasteiger partial charge in [0.25, 0.3) is 0 Å². The zero-order chi connectivity index (χ0) is 13.1. The Labute approximate surface area is 111 Å². The summed E-state index contributed by atoms with van der Waals surface area (Å²) < 4.78 is 0. The minimum absolute atomic E-state index is 0.151. The molecule has 0 atom stereocenters. The van der Waals surface area contributed by atoms with Crippen LogP contribution in [0.25, 0.3) is 11.0 Å². The van der Waals surface area contributed by atoms with Gasteiger partial charge in [0.05, 0.1) is 11.0 Å². The Morgan fingerprint density at radius 2 is 1.95 bits per heavy atom. The predicted molar refractivity (Wildman–Crippen MR) is 77.6 cm³/mol. The molecule has 0 unspecified atom stereocenters. The molecule has 2 aromatic rings. The van der Waals surface area contributed by atoms with E-state index >= 15 is 0 Å². The summed E-state index contributed by atoms with van der Waals surface area (Å²) in [5, 5.41) is 6.82. The van der Waals surface area contributed by atoms with Crippen molar-refractivity contribution in [2.24, 2.45) is 5.92 Å². The van der Waals surface area contributed by atoms with E-state index in [1.54, 1.807) is 0 Å². The van der Waals surface area contributed by atoms with Crippen molar-refractivity contribution in [1.29, 1.82) is 0 Å². The normalized spacial score (nSPS) is 16.8. The monoisotopic (exact) mass is 260 g/mol. The topological polar surface area (TPSA) is 72.7 Å². The first-order valence-corrected chi connectivity index (χ1v) is 6.98. The van der Waals surface area contributed by atoms with Crippen molar-refractivity contribution >= 4 is 16.7 Å². The highest BCUT2D eigenvalue weighted by atomic mass is 16.1. The number of aromatic amines is 2. The Kier molecular flexibility index (Phi) is 3.55. The number of H-pyrrole nitrogens is 2. The molecule has 0 amide bonds. The van der Waals surface area contributed by atoms with Crippen molar-refractivity contribution in [3.63, 3.8) is 0 Å². The first-order valence-electron chi connectivity index (χ1n) is 6.98. The average Bonchev–Trinajstić information content (AvgIpc) is 2.79. The SMILES string of the molecule is O=c1[nH]c2ccc(NCCC3CCNCC3)cc2[nH]1. The molecule has 1 saturated heterocycles. The highest BCUT2D eigenvalue weighted by molar-refractivity contribution is 5.78. The summed E-state index contributed by atoms with van der Waals surface area (Å²) >= 11 is 0. The molecule has 4 N–H and O–H groups in total. The molecule has 3 rings (SSSR count). The minimum atomic E-state index is -0.151. The summed E-state index contributed by atoms with van der Waals surface area (Å²) in [5.41, 5.74) is 2.63. The van der Waals surface area contributed by atoms with Crippen molar-refractivity contribution < 1.29 is 0 Å². The molecule has 102 valence electrons. The van der Waals surface area contributed by atoms with Crippen LogP contribution in [0.1, 0.15) is 19.3 Å². The Hall–Kier alpha value is -1.75. The Morgan fingerprint density at radius 1 is 1.16 bits per heavy atom. The number of nitrogens with one attached hydrogen (secondary N) is 4. The van der Waals surface area contributed by atoms with Gasteiger partial charge in [0.15, 0.2) is 0 Å². The summed E-state index contributed by atoms with van der Waals surface area (Å²) in [6, 6.07) is 5.92. The molecule has 5 heteroatoms. The van der Waals surface area contributed by atoms with Crippen LogP contribution < -0.4 is 16.3 Å². The third-order valence-corrected chi connectivity index (χ3v) is 3.86. The Morgan fingerprint density at radius 3 is 2.79 bits per heavy atom. The molecule has 1 aliphatic heterocycles. The number of anilines is 1. The molecule has 0 saturated carbocycles. The van der Waals surface area contributed by atoms with Crippen molar-refractivity contribution in [1.82, 2.24) is 15.3 Å². The maximum absolute atomic E-state index is 11.2. The largest absolute Gasteiger partial charge is 0.385 e. The smallest absolute Gasteiger partial charge is 0.323 e. The van der Waals surface area contributed by atoms with E-state index in [9.17, 15) is 4.79 Å². The summed E-state index contributed by atoms with van der Waals surface area (Å²) in [7, 11) is 0. The van der Waals surface area contributed by atoms with Gasteiger partial charge in [0.1, 0.15) is 0 Å². The molecule has 19 heavy (non-hydrogen) atoms. The zero-order valence-electron chi connectivity index (χ0n) is 11.0. The van der Waals surface area contributed by atoms with E-state index in [4.69, 9.17) is 0 Å². The molecule has 0 bridgehead atoms. The highest BCUT2D eigenvalue weighted by Crippen LogP contribution is 2.18. The fraction of sp³-hybridized carbons (Fsp3) is 0.500. The van der Waals surface area contributed by atoms with Gasteiger partial charge in [-0.15, -0.1) is 0 Å². The van der Waals surface area contributed by atoms with E-state index in [2.05, 4.69) is 20.6 Å². The van der Waals surface area contributed by atoms with Gasteiger partial charge in [-0.3, -0.25) is 0 Å². The molecule has 1 aliphatic rings. The number of imidazole rings is 1. The summed E-state index contributed by atoms with van der Waals surface area (Å²) in [6.07, 6.45) is 3.78. The second-order valence-corrected chi connectivity index (χ2v) is 5.25. The van der Waals surface area contributed by atoms with Crippen LogP contribution in [-0.4, -0.2) is 29.6 Å². The van der Waals surface area contributed by atoms with Crippen LogP contribution in [0.5, 0.6) is 0 Å². The highest BCUT2D eigenvalue weighted by Gasteiger charge is 2.12. The third kappa shape index (κ3) is 2.98. The number of rotatable bonds is 4. The lowest BCUT2D eigenvalue weighted by Gasteiger charge is -2.22. The molecule has 1 aromatic heterocycles. The average molecular weight is 260 g/mol.